The molecule has 1 N–H and O–H groups in total. The van der Waals surface area contributed by atoms with Crippen LogP contribution in [0.1, 0.15) is 30.7 Å². The summed E-state index contributed by atoms with van der Waals surface area (Å²) in [7, 11) is 1.73. The van der Waals surface area contributed by atoms with E-state index >= 15 is 0 Å². The zero-order valence-corrected chi connectivity index (χ0v) is 15.5. The summed E-state index contributed by atoms with van der Waals surface area (Å²) in [4.78, 5) is 29.0. The zero-order chi connectivity index (χ0) is 18.8. The van der Waals surface area contributed by atoms with Gasteiger partial charge >= 0.3 is 6.03 Å². The lowest BCUT2D eigenvalue weighted by Gasteiger charge is -2.36. The lowest BCUT2D eigenvalue weighted by Crippen LogP contribution is -2.55. The first-order valence-corrected chi connectivity index (χ1v) is 9.60. The van der Waals surface area contributed by atoms with Gasteiger partial charge in [-0.1, -0.05) is 48.5 Å². The van der Waals surface area contributed by atoms with Gasteiger partial charge in [0.1, 0.15) is 6.04 Å². The Kier molecular flexibility index (Phi) is 4.84. The van der Waals surface area contributed by atoms with E-state index in [1.807, 2.05) is 48.5 Å². The smallest absolute Gasteiger partial charge is 0.318 e. The first-order valence-electron chi connectivity index (χ1n) is 9.60. The number of piperidine rings is 1. The minimum atomic E-state index is -0.409. The van der Waals surface area contributed by atoms with Gasteiger partial charge in [0.05, 0.1) is 0 Å². The number of hydrogen-bond acceptors (Lipinski definition) is 2. The number of nitrogens with one attached hydrogen (secondary N) is 1. The normalized spacial score (nSPS) is 24.4. The zero-order valence-electron chi connectivity index (χ0n) is 15.5. The molecule has 5 nitrogen and oxygen atoms in total. The molecule has 1 aliphatic heterocycles. The van der Waals surface area contributed by atoms with Gasteiger partial charge in [0.15, 0.2) is 0 Å². The molecule has 2 aromatic rings. The average molecular weight is 363 g/mol. The second kappa shape index (κ2) is 7.43. The number of para-hydroxylation sites is 1. The van der Waals surface area contributed by atoms with E-state index in [1.54, 1.807) is 16.8 Å². The highest BCUT2D eigenvalue weighted by molar-refractivity contribution is 5.99. The average Bonchev–Trinajstić information content (AvgIpc) is 3.48. The molecular formula is C22H25N3O2. The van der Waals surface area contributed by atoms with Crippen molar-refractivity contribution in [3.05, 3.63) is 66.2 Å². The summed E-state index contributed by atoms with van der Waals surface area (Å²) in [6.45, 7) is 0.702. The van der Waals surface area contributed by atoms with Gasteiger partial charge in [-0.25, -0.2) is 4.79 Å². The number of rotatable bonds is 4. The summed E-state index contributed by atoms with van der Waals surface area (Å²) in [5.74, 6) is 0.381. The van der Waals surface area contributed by atoms with E-state index in [4.69, 9.17) is 0 Å². The highest BCUT2D eigenvalue weighted by atomic mass is 16.2. The fourth-order valence-electron chi connectivity index (χ4n) is 3.90. The van der Waals surface area contributed by atoms with Crippen molar-refractivity contribution in [1.82, 2.24) is 10.2 Å². The van der Waals surface area contributed by atoms with Crippen molar-refractivity contribution in [1.29, 1.82) is 0 Å². The van der Waals surface area contributed by atoms with Crippen LogP contribution >= 0.6 is 0 Å². The van der Waals surface area contributed by atoms with E-state index in [0.717, 1.165) is 18.5 Å². The van der Waals surface area contributed by atoms with Crippen molar-refractivity contribution < 1.29 is 9.59 Å². The first kappa shape index (κ1) is 17.6. The highest BCUT2D eigenvalue weighted by Gasteiger charge is 2.41. The lowest BCUT2D eigenvalue weighted by molar-refractivity contribution is -0.123. The minimum Gasteiger partial charge on any atom is -0.335 e. The molecule has 1 saturated carbocycles. The van der Waals surface area contributed by atoms with Crippen molar-refractivity contribution in [2.75, 3.05) is 18.5 Å². The van der Waals surface area contributed by atoms with Crippen molar-refractivity contribution in [3.8, 4) is 0 Å². The Labute approximate surface area is 160 Å². The lowest BCUT2D eigenvalue weighted by atomic mass is 10.0. The van der Waals surface area contributed by atoms with E-state index in [9.17, 15) is 9.59 Å². The monoisotopic (exact) mass is 363 g/mol. The molecule has 4 rings (SSSR count). The summed E-state index contributed by atoms with van der Waals surface area (Å²) in [6.07, 6.45) is 2.55. The number of urea groups is 1. The van der Waals surface area contributed by atoms with E-state index in [-0.39, 0.29) is 18.0 Å². The molecule has 0 spiro atoms. The number of likely N-dealkylation sites (N-methyl/N-ethyl adjacent to an activating group) is 1. The number of carbonyl (C=O) groups is 2. The van der Waals surface area contributed by atoms with Gasteiger partial charge in [-0.3, -0.25) is 4.79 Å². The predicted molar refractivity (Wildman–Crippen MR) is 106 cm³/mol. The van der Waals surface area contributed by atoms with Crippen LogP contribution < -0.4 is 10.2 Å². The standard InChI is InChI=1S/C22H25N3O2/c1-24(22(27)23-19-15-18(19)16-9-4-2-5-10-16)20-13-8-14-25(21(20)26)17-11-6-3-7-12-17/h2-7,9-12,18-20H,8,13-15H2,1H3,(H,23,27)/t18-,19+,20-/m0/s1. The summed E-state index contributed by atoms with van der Waals surface area (Å²) >= 11 is 0. The Morgan fingerprint density at radius 3 is 2.44 bits per heavy atom. The third kappa shape index (κ3) is 3.68. The number of anilines is 1. The van der Waals surface area contributed by atoms with Crippen LogP contribution in [0.3, 0.4) is 0 Å². The molecule has 1 heterocycles. The molecule has 0 aromatic heterocycles. The number of nitrogens with zero attached hydrogens (tertiary/aromatic N) is 2. The second-order valence-corrected chi connectivity index (χ2v) is 7.40. The van der Waals surface area contributed by atoms with Crippen molar-refractivity contribution in [3.63, 3.8) is 0 Å². The highest BCUT2D eigenvalue weighted by Crippen LogP contribution is 2.40. The van der Waals surface area contributed by atoms with Crippen molar-refractivity contribution in [2.24, 2.45) is 0 Å². The number of carbonyl (C=O) groups excluding carboxylic acids is 2. The van der Waals surface area contributed by atoms with E-state index in [2.05, 4.69) is 17.4 Å². The molecule has 1 aliphatic carbocycles. The fraction of sp³-hybridized carbons (Fsp3) is 0.364. The molecule has 27 heavy (non-hydrogen) atoms. The molecule has 2 fully saturated rings. The molecule has 2 aromatic carbocycles. The molecule has 2 aliphatic rings. The Hall–Kier alpha value is -2.82. The van der Waals surface area contributed by atoms with Gasteiger partial charge in [0, 0.05) is 31.2 Å². The fourth-order valence-corrected chi connectivity index (χ4v) is 3.90. The van der Waals surface area contributed by atoms with Crippen LogP contribution in [0.15, 0.2) is 60.7 Å². The Balaban J connectivity index is 1.38. The van der Waals surface area contributed by atoms with Gasteiger partial charge in [0.2, 0.25) is 5.91 Å². The van der Waals surface area contributed by atoms with Crippen LogP contribution in [-0.2, 0) is 4.79 Å². The Morgan fingerprint density at radius 1 is 1.07 bits per heavy atom. The number of amides is 3. The third-order valence-corrected chi connectivity index (χ3v) is 5.59. The predicted octanol–water partition coefficient (Wildman–Crippen LogP) is 3.38. The van der Waals surface area contributed by atoms with Gasteiger partial charge in [-0.05, 0) is 37.0 Å². The summed E-state index contributed by atoms with van der Waals surface area (Å²) in [5, 5.41) is 3.09. The maximum Gasteiger partial charge on any atom is 0.318 e. The quantitative estimate of drug-likeness (QED) is 0.905. The van der Waals surface area contributed by atoms with Crippen LogP contribution in [0.4, 0.5) is 10.5 Å². The minimum absolute atomic E-state index is 0.000469. The second-order valence-electron chi connectivity index (χ2n) is 7.40. The molecule has 5 heteroatoms. The molecule has 3 amide bonds. The molecule has 0 radical (unpaired) electrons. The van der Waals surface area contributed by atoms with Gasteiger partial charge < -0.3 is 15.1 Å². The van der Waals surface area contributed by atoms with Crippen molar-refractivity contribution in [2.45, 2.75) is 37.3 Å². The first-order chi connectivity index (χ1) is 13.1. The van der Waals surface area contributed by atoms with Crippen LogP contribution in [0, 0.1) is 0 Å². The SMILES string of the molecule is CN(C(=O)N[C@@H]1C[C@H]1c1ccccc1)[C@H]1CCCN(c2ccccc2)C1=O. The van der Waals surface area contributed by atoms with Gasteiger partial charge in [0.25, 0.3) is 0 Å². The number of hydrogen-bond donors (Lipinski definition) is 1. The summed E-state index contributed by atoms with van der Waals surface area (Å²) < 4.78 is 0. The van der Waals surface area contributed by atoms with Gasteiger partial charge in [-0.2, -0.15) is 0 Å². The van der Waals surface area contributed by atoms with Crippen LogP contribution in [0.25, 0.3) is 0 Å². The van der Waals surface area contributed by atoms with Gasteiger partial charge in [-0.15, -0.1) is 0 Å². The van der Waals surface area contributed by atoms with Crippen LogP contribution in [0.2, 0.25) is 0 Å². The maximum absolute atomic E-state index is 13.0. The van der Waals surface area contributed by atoms with Crippen LogP contribution in [-0.4, -0.2) is 42.5 Å². The molecule has 140 valence electrons. The van der Waals surface area contributed by atoms with E-state index < -0.39 is 6.04 Å². The Bertz CT molecular complexity index is 809. The topological polar surface area (TPSA) is 52.7 Å². The summed E-state index contributed by atoms with van der Waals surface area (Å²) in [5.41, 5.74) is 2.15. The van der Waals surface area contributed by atoms with Crippen LogP contribution in [0.5, 0.6) is 0 Å². The third-order valence-electron chi connectivity index (χ3n) is 5.59. The largest absolute Gasteiger partial charge is 0.335 e. The maximum atomic E-state index is 13.0. The molecule has 0 bridgehead atoms. The molecular weight excluding hydrogens is 338 g/mol. The van der Waals surface area contributed by atoms with Crippen molar-refractivity contribution >= 4 is 17.6 Å². The van der Waals surface area contributed by atoms with E-state index in [1.165, 1.54) is 5.56 Å². The van der Waals surface area contributed by atoms with E-state index in [0.29, 0.717) is 18.9 Å². The Morgan fingerprint density at radius 2 is 1.74 bits per heavy atom. The molecule has 1 saturated heterocycles. The molecule has 3 atom stereocenters. The molecule has 0 unspecified atom stereocenters. The summed E-state index contributed by atoms with van der Waals surface area (Å²) in [6, 6.07) is 19.5. The number of benzene rings is 2.